The Hall–Kier alpha value is -0.530. The molecule has 2 saturated carbocycles. The second-order valence-electron chi connectivity index (χ2n) is 5.75. The van der Waals surface area contributed by atoms with Gasteiger partial charge in [0.1, 0.15) is 6.10 Å². The molecule has 0 aromatic heterocycles. The van der Waals surface area contributed by atoms with E-state index in [0.29, 0.717) is 12.3 Å². The molecule has 0 amide bonds. The number of hydrogen-bond acceptors (Lipinski definition) is 2. The Labute approximate surface area is 98.7 Å². The Kier molecular flexibility index (Phi) is 3.56. The van der Waals surface area contributed by atoms with Crippen molar-refractivity contribution in [3.05, 3.63) is 0 Å². The molecule has 0 aliphatic heterocycles. The van der Waals surface area contributed by atoms with E-state index in [1.165, 1.54) is 6.42 Å². The second kappa shape index (κ2) is 4.77. The lowest BCUT2D eigenvalue weighted by Gasteiger charge is -2.31. The van der Waals surface area contributed by atoms with Gasteiger partial charge in [-0.3, -0.25) is 4.79 Å². The van der Waals surface area contributed by atoms with Crippen LogP contribution in [0.5, 0.6) is 0 Å². The number of carbonyl (C=O) groups is 1. The van der Waals surface area contributed by atoms with E-state index in [1.807, 2.05) is 0 Å². The van der Waals surface area contributed by atoms with E-state index in [4.69, 9.17) is 4.74 Å². The predicted molar refractivity (Wildman–Crippen MR) is 63.9 cm³/mol. The summed E-state index contributed by atoms with van der Waals surface area (Å²) < 4.78 is 5.63. The highest BCUT2D eigenvalue weighted by Gasteiger charge is 2.50. The fourth-order valence-corrected chi connectivity index (χ4v) is 3.56. The van der Waals surface area contributed by atoms with E-state index in [9.17, 15) is 4.79 Å². The van der Waals surface area contributed by atoms with Crippen molar-refractivity contribution in [2.75, 3.05) is 0 Å². The van der Waals surface area contributed by atoms with Crippen LogP contribution in [0.15, 0.2) is 0 Å². The summed E-state index contributed by atoms with van der Waals surface area (Å²) in [5.41, 5.74) is 0. The van der Waals surface area contributed by atoms with Crippen LogP contribution in [0.1, 0.15) is 52.9 Å². The molecule has 2 fully saturated rings. The zero-order valence-corrected chi connectivity index (χ0v) is 10.7. The van der Waals surface area contributed by atoms with Gasteiger partial charge in [0.15, 0.2) is 0 Å². The summed E-state index contributed by atoms with van der Waals surface area (Å²) in [6.45, 7) is 6.78. The van der Waals surface area contributed by atoms with Gasteiger partial charge in [-0.25, -0.2) is 0 Å². The number of esters is 1. The van der Waals surface area contributed by atoms with Crippen LogP contribution >= 0.6 is 0 Å². The highest BCUT2D eigenvalue weighted by atomic mass is 16.5. The fraction of sp³-hybridized carbons (Fsp3) is 0.929. The molecular weight excluding hydrogens is 200 g/mol. The van der Waals surface area contributed by atoms with Crippen molar-refractivity contribution in [3.8, 4) is 0 Å². The lowest BCUT2D eigenvalue weighted by Crippen LogP contribution is -2.32. The van der Waals surface area contributed by atoms with Gasteiger partial charge in [0.2, 0.25) is 0 Å². The van der Waals surface area contributed by atoms with Crippen molar-refractivity contribution in [2.45, 2.75) is 59.0 Å². The molecule has 0 aromatic carbocycles. The van der Waals surface area contributed by atoms with E-state index in [-0.39, 0.29) is 12.1 Å². The normalized spacial score (nSPS) is 41.3. The van der Waals surface area contributed by atoms with Crippen LogP contribution in [0.3, 0.4) is 0 Å². The van der Waals surface area contributed by atoms with Crippen LogP contribution in [-0.2, 0) is 9.53 Å². The first-order valence-electron chi connectivity index (χ1n) is 6.83. The second-order valence-corrected chi connectivity index (χ2v) is 5.75. The summed E-state index contributed by atoms with van der Waals surface area (Å²) in [5.74, 6) is 3.05. The first-order valence-corrected chi connectivity index (χ1v) is 6.83. The molecule has 5 atom stereocenters. The van der Waals surface area contributed by atoms with Crippen molar-refractivity contribution in [2.24, 2.45) is 23.7 Å². The van der Waals surface area contributed by atoms with Crippen molar-refractivity contribution in [1.29, 1.82) is 0 Å². The molecule has 0 spiro atoms. The molecule has 2 heteroatoms. The number of fused-ring (bicyclic) bond motifs is 2. The zero-order chi connectivity index (χ0) is 11.7. The Balaban J connectivity index is 1.83. The molecule has 0 radical (unpaired) electrons. The third-order valence-corrected chi connectivity index (χ3v) is 4.85. The smallest absolute Gasteiger partial charge is 0.306 e. The molecule has 0 heterocycles. The molecular formula is C14H24O2. The van der Waals surface area contributed by atoms with Gasteiger partial charge in [-0.1, -0.05) is 27.2 Å². The predicted octanol–water partition coefficient (Wildman–Crippen LogP) is 3.40. The molecule has 92 valence electrons. The first kappa shape index (κ1) is 11.9. The molecule has 2 nitrogen and oxygen atoms in total. The van der Waals surface area contributed by atoms with Crippen LogP contribution in [0.25, 0.3) is 0 Å². The topological polar surface area (TPSA) is 26.3 Å². The number of hydrogen-bond donors (Lipinski definition) is 0. The van der Waals surface area contributed by atoms with Gasteiger partial charge in [-0.2, -0.15) is 0 Å². The lowest BCUT2D eigenvalue weighted by molar-refractivity contribution is -0.153. The van der Waals surface area contributed by atoms with E-state index in [1.54, 1.807) is 0 Å². The highest BCUT2D eigenvalue weighted by molar-refractivity contribution is 5.69. The number of rotatable bonds is 4. The van der Waals surface area contributed by atoms with E-state index >= 15 is 0 Å². The monoisotopic (exact) mass is 224 g/mol. The van der Waals surface area contributed by atoms with Crippen LogP contribution in [0.2, 0.25) is 0 Å². The number of ether oxygens (including phenoxy) is 1. The average Bonchev–Trinajstić information content (AvgIpc) is 2.77. The maximum atomic E-state index is 11.6. The SMILES string of the molecule is CCCCC(=O)OC1CC2CC1C(C)C2C. The lowest BCUT2D eigenvalue weighted by atomic mass is 9.80. The Morgan fingerprint density at radius 2 is 2.00 bits per heavy atom. The molecule has 5 unspecified atom stereocenters. The molecule has 0 aromatic rings. The van der Waals surface area contributed by atoms with Crippen molar-refractivity contribution < 1.29 is 9.53 Å². The van der Waals surface area contributed by atoms with E-state index in [2.05, 4.69) is 20.8 Å². The summed E-state index contributed by atoms with van der Waals surface area (Å²) in [6.07, 6.45) is 5.28. The molecule has 0 saturated heterocycles. The van der Waals surface area contributed by atoms with E-state index in [0.717, 1.165) is 37.0 Å². The minimum absolute atomic E-state index is 0.0271. The van der Waals surface area contributed by atoms with Gasteiger partial charge in [0.25, 0.3) is 0 Å². The number of unbranched alkanes of at least 4 members (excludes halogenated alkanes) is 1. The zero-order valence-electron chi connectivity index (χ0n) is 10.7. The minimum atomic E-state index is 0.0271. The maximum absolute atomic E-state index is 11.6. The van der Waals surface area contributed by atoms with Crippen molar-refractivity contribution >= 4 is 5.97 Å². The maximum Gasteiger partial charge on any atom is 0.306 e. The summed E-state index contributed by atoms with van der Waals surface area (Å²) in [6, 6.07) is 0. The fourth-order valence-electron chi connectivity index (χ4n) is 3.56. The molecule has 0 N–H and O–H groups in total. The molecule has 16 heavy (non-hydrogen) atoms. The molecule has 2 bridgehead atoms. The van der Waals surface area contributed by atoms with Crippen LogP contribution < -0.4 is 0 Å². The Morgan fingerprint density at radius 1 is 1.25 bits per heavy atom. The van der Waals surface area contributed by atoms with Crippen LogP contribution in [0, 0.1) is 23.7 Å². The van der Waals surface area contributed by atoms with Gasteiger partial charge < -0.3 is 4.74 Å². The van der Waals surface area contributed by atoms with Gasteiger partial charge in [0, 0.05) is 6.42 Å². The van der Waals surface area contributed by atoms with Crippen molar-refractivity contribution in [1.82, 2.24) is 0 Å². The quantitative estimate of drug-likeness (QED) is 0.684. The highest BCUT2D eigenvalue weighted by Crippen LogP contribution is 2.52. The molecule has 2 rings (SSSR count). The van der Waals surface area contributed by atoms with Gasteiger partial charge >= 0.3 is 5.97 Å². The summed E-state index contributed by atoms with van der Waals surface area (Å²) in [5, 5.41) is 0. The summed E-state index contributed by atoms with van der Waals surface area (Å²) in [4.78, 5) is 11.6. The number of carbonyl (C=O) groups excluding carboxylic acids is 1. The van der Waals surface area contributed by atoms with Crippen molar-refractivity contribution in [3.63, 3.8) is 0 Å². The third-order valence-electron chi connectivity index (χ3n) is 4.85. The Morgan fingerprint density at radius 3 is 2.56 bits per heavy atom. The van der Waals surface area contributed by atoms with Gasteiger partial charge in [-0.15, -0.1) is 0 Å². The molecule has 2 aliphatic carbocycles. The first-order chi connectivity index (χ1) is 7.63. The standard InChI is InChI=1S/C14H24O2/c1-4-5-6-14(15)16-13-8-11-7-12(13)10(3)9(11)2/h9-13H,4-8H2,1-3H3. The largest absolute Gasteiger partial charge is 0.462 e. The molecule has 2 aliphatic rings. The van der Waals surface area contributed by atoms with Crippen LogP contribution in [-0.4, -0.2) is 12.1 Å². The van der Waals surface area contributed by atoms with Crippen LogP contribution in [0.4, 0.5) is 0 Å². The summed E-state index contributed by atoms with van der Waals surface area (Å²) in [7, 11) is 0. The van der Waals surface area contributed by atoms with Gasteiger partial charge in [0.05, 0.1) is 0 Å². The summed E-state index contributed by atoms with van der Waals surface area (Å²) >= 11 is 0. The van der Waals surface area contributed by atoms with Gasteiger partial charge in [-0.05, 0) is 42.9 Å². The third kappa shape index (κ3) is 2.11. The minimum Gasteiger partial charge on any atom is -0.462 e. The average molecular weight is 224 g/mol. The Bertz CT molecular complexity index is 259. The van der Waals surface area contributed by atoms with E-state index < -0.39 is 0 Å².